The topological polar surface area (TPSA) is 97.8 Å². The van der Waals surface area contributed by atoms with Gasteiger partial charge in [0, 0.05) is 12.4 Å². The third kappa shape index (κ3) is 3.63. The van der Waals surface area contributed by atoms with Gasteiger partial charge in [-0.1, -0.05) is 0 Å². The largest absolute Gasteiger partial charge is 0.493 e. The molecule has 1 aliphatic heterocycles. The number of rotatable bonds is 4. The summed E-state index contributed by atoms with van der Waals surface area (Å²) in [6, 6.07) is 5.58. The van der Waals surface area contributed by atoms with Crippen LogP contribution in [0.2, 0.25) is 0 Å². The molecule has 4 amide bonds. The standard InChI is InChI=1S/C18H14IN3O5/c1-26-14-9-10(8-13(19)15(14)27-2)7-12-16(23)21-18(25)22(17(12)24)11-3-5-20-6-4-11/h3-9H,1-2H3,(H,21,23,25)/b12-7+. The van der Waals surface area contributed by atoms with Crippen molar-refractivity contribution in [2.75, 3.05) is 19.1 Å². The first-order chi connectivity index (χ1) is 13.0. The molecule has 0 spiro atoms. The number of hydrogen-bond acceptors (Lipinski definition) is 6. The van der Waals surface area contributed by atoms with Crippen LogP contribution in [0, 0.1) is 3.57 Å². The Balaban J connectivity index is 2.05. The second-order valence-corrected chi connectivity index (χ2v) is 6.56. The van der Waals surface area contributed by atoms with Gasteiger partial charge < -0.3 is 9.47 Å². The fourth-order valence-electron chi connectivity index (χ4n) is 2.57. The summed E-state index contributed by atoms with van der Waals surface area (Å²) in [5.41, 5.74) is 0.696. The molecule has 0 saturated carbocycles. The highest BCUT2D eigenvalue weighted by atomic mass is 127. The molecule has 1 aromatic heterocycles. The normalized spacial score (nSPS) is 15.7. The maximum atomic E-state index is 12.8. The lowest BCUT2D eigenvalue weighted by Crippen LogP contribution is -2.54. The number of nitrogens with zero attached hydrogens (tertiary/aromatic N) is 2. The van der Waals surface area contributed by atoms with Crippen molar-refractivity contribution in [2.24, 2.45) is 0 Å². The number of pyridine rings is 1. The van der Waals surface area contributed by atoms with E-state index in [1.54, 1.807) is 12.1 Å². The predicted octanol–water partition coefficient (Wildman–Crippen LogP) is 2.37. The van der Waals surface area contributed by atoms with Crippen LogP contribution in [0.15, 0.2) is 42.2 Å². The zero-order valence-electron chi connectivity index (χ0n) is 14.4. The van der Waals surface area contributed by atoms with Gasteiger partial charge in [0.15, 0.2) is 11.5 Å². The lowest BCUT2D eigenvalue weighted by Gasteiger charge is -2.26. The van der Waals surface area contributed by atoms with Crippen molar-refractivity contribution in [1.82, 2.24) is 10.3 Å². The van der Waals surface area contributed by atoms with Gasteiger partial charge in [-0.15, -0.1) is 0 Å². The highest BCUT2D eigenvalue weighted by Gasteiger charge is 2.36. The van der Waals surface area contributed by atoms with Crippen molar-refractivity contribution in [2.45, 2.75) is 0 Å². The lowest BCUT2D eigenvalue weighted by molar-refractivity contribution is -0.122. The number of imide groups is 2. The number of barbiturate groups is 1. The Kier molecular flexibility index (Phi) is 5.40. The van der Waals surface area contributed by atoms with E-state index in [9.17, 15) is 14.4 Å². The van der Waals surface area contributed by atoms with Crippen molar-refractivity contribution >= 4 is 52.2 Å². The SMILES string of the molecule is COc1cc(/C=C2\C(=O)NC(=O)N(c3ccncc3)C2=O)cc(I)c1OC. The Labute approximate surface area is 168 Å². The zero-order valence-corrected chi connectivity index (χ0v) is 16.5. The van der Waals surface area contributed by atoms with Gasteiger partial charge >= 0.3 is 6.03 Å². The van der Waals surface area contributed by atoms with Crippen LogP contribution in [0.5, 0.6) is 11.5 Å². The van der Waals surface area contributed by atoms with Crippen LogP contribution in [-0.2, 0) is 9.59 Å². The average molecular weight is 479 g/mol. The van der Waals surface area contributed by atoms with E-state index in [0.29, 0.717) is 22.7 Å². The van der Waals surface area contributed by atoms with Gasteiger partial charge in [-0.05, 0) is 58.5 Å². The van der Waals surface area contributed by atoms with Gasteiger partial charge in [0.1, 0.15) is 5.57 Å². The molecule has 0 bridgehead atoms. The van der Waals surface area contributed by atoms with Gasteiger partial charge in [-0.3, -0.25) is 19.9 Å². The number of halogens is 1. The van der Waals surface area contributed by atoms with E-state index in [-0.39, 0.29) is 5.57 Å². The minimum atomic E-state index is -0.810. The minimum Gasteiger partial charge on any atom is -0.493 e. The Bertz CT molecular complexity index is 959. The first-order valence-corrected chi connectivity index (χ1v) is 8.77. The third-order valence-corrected chi connectivity index (χ3v) is 4.59. The molecular formula is C18H14IN3O5. The first-order valence-electron chi connectivity index (χ1n) is 7.69. The number of nitrogens with one attached hydrogen (secondary N) is 1. The number of carbonyl (C=O) groups is 3. The molecule has 2 heterocycles. The second kappa shape index (κ2) is 7.74. The minimum absolute atomic E-state index is 0.172. The lowest BCUT2D eigenvalue weighted by atomic mass is 10.1. The Morgan fingerprint density at radius 3 is 2.44 bits per heavy atom. The van der Waals surface area contributed by atoms with E-state index < -0.39 is 17.8 Å². The van der Waals surface area contributed by atoms with Crippen LogP contribution in [0.3, 0.4) is 0 Å². The summed E-state index contributed by atoms with van der Waals surface area (Å²) in [5, 5.41) is 2.18. The molecule has 1 aromatic carbocycles. The molecule has 1 N–H and O–H groups in total. The number of benzene rings is 1. The molecule has 0 aliphatic carbocycles. The highest BCUT2D eigenvalue weighted by Crippen LogP contribution is 2.34. The Morgan fingerprint density at radius 2 is 1.81 bits per heavy atom. The highest BCUT2D eigenvalue weighted by molar-refractivity contribution is 14.1. The molecule has 9 heteroatoms. The number of amides is 4. The van der Waals surface area contributed by atoms with Gasteiger partial charge in [0.25, 0.3) is 11.8 Å². The molecule has 27 heavy (non-hydrogen) atoms. The summed E-state index contributed by atoms with van der Waals surface area (Å²) in [4.78, 5) is 41.9. The van der Waals surface area contributed by atoms with E-state index >= 15 is 0 Å². The first kappa shape index (κ1) is 18.8. The molecule has 1 aliphatic rings. The number of hydrogen-bond donors (Lipinski definition) is 1. The molecule has 0 radical (unpaired) electrons. The van der Waals surface area contributed by atoms with E-state index in [0.717, 1.165) is 8.47 Å². The Morgan fingerprint density at radius 1 is 1.11 bits per heavy atom. The van der Waals surface area contributed by atoms with Crippen LogP contribution in [0.4, 0.5) is 10.5 Å². The number of aromatic nitrogens is 1. The van der Waals surface area contributed by atoms with Crippen molar-refractivity contribution in [3.8, 4) is 11.5 Å². The molecule has 1 saturated heterocycles. The van der Waals surface area contributed by atoms with Crippen LogP contribution in [0.1, 0.15) is 5.56 Å². The summed E-state index contributed by atoms with van der Waals surface area (Å²) in [5.74, 6) is -0.477. The molecule has 0 unspecified atom stereocenters. The summed E-state index contributed by atoms with van der Waals surface area (Å²) >= 11 is 2.07. The van der Waals surface area contributed by atoms with E-state index in [4.69, 9.17) is 9.47 Å². The molecular weight excluding hydrogens is 465 g/mol. The van der Waals surface area contributed by atoms with E-state index in [1.165, 1.54) is 44.8 Å². The van der Waals surface area contributed by atoms with Crippen LogP contribution < -0.4 is 19.7 Å². The smallest absolute Gasteiger partial charge is 0.335 e. The van der Waals surface area contributed by atoms with Gasteiger partial charge in [0.05, 0.1) is 23.5 Å². The Hall–Kier alpha value is -2.95. The van der Waals surface area contributed by atoms with Crippen molar-refractivity contribution in [3.05, 3.63) is 51.4 Å². The summed E-state index contributed by atoms with van der Waals surface area (Å²) in [7, 11) is 3.02. The molecule has 1 fully saturated rings. The molecule has 8 nitrogen and oxygen atoms in total. The van der Waals surface area contributed by atoms with Gasteiger partial charge in [-0.2, -0.15) is 0 Å². The van der Waals surface area contributed by atoms with E-state index in [2.05, 4.69) is 32.9 Å². The number of ether oxygens (including phenoxy) is 2. The maximum absolute atomic E-state index is 12.8. The molecule has 2 aromatic rings. The maximum Gasteiger partial charge on any atom is 0.335 e. The molecule has 0 atom stereocenters. The van der Waals surface area contributed by atoms with Crippen LogP contribution >= 0.6 is 22.6 Å². The fourth-order valence-corrected chi connectivity index (χ4v) is 3.42. The summed E-state index contributed by atoms with van der Waals surface area (Å²) < 4.78 is 11.3. The fraction of sp³-hybridized carbons (Fsp3) is 0.111. The van der Waals surface area contributed by atoms with Crippen LogP contribution in [-0.4, -0.2) is 37.0 Å². The number of urea groups is 1. The average Bonchev–Trinajstić information content (AvgIpc) is 2.65. The van der Waals surface area contributed by atoms with Gasteiger partial charge in [0.2, 0.25) is 0 Å². The zero-order chi connectivity index (χ0) is 19.6. The third-order valence-electron chi connectivity index (χ3n) is 3.79. The van der Waals surface area contributed by atoms with Crippen molar-refractivity contribution < 1.29 is 23.9 Å². The van der Waals surface area contributed by atoms with Crippen molar-refractivity contribution in [1.29, 1.82) is 0 Å². The molecule has 138 valence electrons. The molecule has 3 rings (SSSR count). The summed E-state index contributed by atoms with van der Waals surface area (Å²) in [6.45, 7) is 0. The second-order valence-electron chi connectivity index (χ2n) is 5.40. The van der Waals surface area contributed by atoms with Gasteiger partial charge in [-0.25, -0.2) is 9.69 Å². The van der Waals surface area contributed by atoms with E-state index in [1.807, 2.05) is 0 Å². The number of methoxy groups -OCH3 is 2. The predicted molar refractivity (Wildman–Crippen MR) is 106 cm³/mol. The van der Waals surface area contributed by atoms with Crippen molar-refractivity contribution in [3.63, 3.8) is 0 Å². The van der Waals surface area contributed by atoms with Crippen LogP contribution in [0.25, 0.3) is 6.08 Å². The number of carbonyl (C=O) groups excluding carboxylic acids is 3. The monoisotopic (exact) mass is 479 g/mol. The number of anilines is 1. The summed E-state index contributed by atoms with van der Waals surface area (Å²) in [6.07, 6.45) is 4.31. The quantitative estimate of drug-likeness (QED) is 0.411.